The number of hydrogen-bond acceptors (Lipinski definition) is 6. The van der Waals surface area contributed by atoms with Crippen LogP contribution in [0.3, 0.4) is 0 Å². The normalized spacial score (nSPS) is 15.3. The van der Waals surface area contributed by atoms with Gasteiger partial charge in [0.25, 0.3) is 5.91 Å². The Balaban J connectivity index is 1.39. The van der Waals surface area contributed by atoms with Crippen molar-refractivity contribution in [2.24, 2.45) is 5.92 Å². The van der Waals surface area contributed by atoms with Gasteiger partial charge in [0.2, 0.25) is 5.91 Å². The van der Waals surface area contributed by atoms with Crippen molar-refractivity contribution in [3.63, 3.8) is 0 Å². The summed E-state index contributed by atoms with van der Waals surface area (Å²) in [4.78, 5) is 28.1. The number of hydrogen-bond donors (Lipinski definition) is 2. The number of nitrogens with one attached hydrogen (secondary N) is 2. The fourth-order valence-corrected chi connectivity index (χ4v) is 6.87. The number of benzene rings is 2. The molecule has 1 aliphatic rings. The van der Waals surface area contributed by atoms with E-state index in [1.54, 1.807) is 18.2 Å². The zero-order valence-electron chi connectivity index (χ0n) is 20.2. The average Bonchev–Trinajstić information content (AvgIpc) is 3.56. The van der Waals surface area contributed by atoms with E-state index in [1.807, 2.05) is 48.5 Å². The van der Waals surface area contributed by atoms with Gasteiger partial charge in [-0.05, 0) is 66.6 Å². The van der Waals surface area contributed by atoms with Gasteiger partial charge in [-0.15, -0.1) is 23.1 Å². The summed E-state index contributed by atoms with van der Waals surface area (Å²) in [6.07, 6.45) is 4.32. The highest BCUT2D eigenvalue weighted by Crippen LogP contribution is 2.41. The number of rotatable bonds is 7. The smallest absolute Gasteiger partial charge is 0.291 e. The molecule has 37 heavy (non-hydrogen) atoms. The minimum atomic E-state index is -0.554. The Bertz CT molecular complexity index is 1460. The molecule has 0 spiro atoms. The van der Waals surface area contributed by atoms with Crippen LogP contribution in [0.1, 0.15) is 50.7 Å². The Kier molecular flexibility index (Phi) is 7.45. The first-order valence-corrected chi connectivity index (χ1v) is 13.7. The van der Waals surface area contributed by atoms with Gasteiger partial charge in [0, 0.05) is 15.5 Å². The molecule has 1 aliphatic carbocycles. The summed E-state index contributed by atoms with van der Waals surface area (Å²) in [5.74, 6) is 0.268. The van der Waals surface area contributed by atoms with Crippen LogP contribution in [0.5, 0.6) is 0 Å². The molecule has 186 valence electrons. The summed E-state index contributed by atoms with van der Waals surface area (Å²) in [7, 11) is 0. The van der Waals surface area contributed by atoms with Gasteiger partial charge < -0.3 is 15.1 Å². The topological polar surface area (TPSA) is 95.1 Å². The fourth-order valence-electron chi connectivity index (χ4n) is 4.42. The molecule has 0 radical (unpaired) electrons. The fraction of sp³-hybridized carbons (Fsp3) is 0.207. The molecular formula is C29H25N3O3S2. The number of nitriles is 1. The summed E-state index contributed by atoms with van der Waals surface area (Å²) >= 11 is 2.92. The summed E-state index contributed by atoms with van der Waals surface area (Å²) < 4.78 is 5.17. The predicted molar refractivity (Wildman–Crippen MR) is 147 cm³/mol. The molecule has 0 saturated heterocycles. The van der Waals surface area contributed by atoms with Crippen LogP contribution < -0.4 is 10.6 Å². The summed E-state index contributed by atoms with van der Waals surface area (Å²) in [5, 5.41) is 15.8. The first-order chi connectivity index (χ1) is 18.0. The molecule has 2 amide bonds. The largest absolute Gasteiger partial charge is 0.459 e. The number of carbonyl (C=O) groups excluding carboxylic acids is 2. The van der Waals surface area contributed by atoms with Gasteiger partial charge in [0.15, 0.2) is 5.76 Å². The van der Waals surface area contributed by atoms with Gasteiger partial charge in [-0.25, -0.2) is 0 Å². The lowest BCUT2D eigenvalue weighted by atomic mass is 9.88. The third-order valence-corrected chi connectivity index (χ3v) is 8.71. The molecule has 6 nitrogen and oxygen atoms in total. The molecule has 2 aromatic heterocycles. The van der Waals surface area contributed by atoms with E-state index < -0.39 is 5.25 Å². The second kappa shape index (κ2) is 11.1. The molecule has 4 aromatic rings. The van der Waals surface area contributed by atoms with Gasteiger partial charge in [-0.2, -0.15) is 5.26 Å². The van der Waals surface area contributed by atoms with Crippen molar-refractivity contribution in [2.45, 2.75) is 36.3 Å². The molecule has 0 fully saturated rings. The van der Waals surface area contributed by atoms with Crippen molar-refractivity contribution in [3.05, 3.63) is 100 Å². The zero-order valence-corrected chi connectivity index (χ0v) is 21.8. The lowest BCUT2D eigenvalue weighted by Gasteiger charge is -2.17. The summed E-state index contributed by atoms with van der Waals surface area (Å²) in [6.45, 7) is 2.22. The maximum Gasteiger partial charge on any atom is 0.291 e. The molecular weight excluding hydrogens is 502 g/mol. The van der Waals surface area contributed by atoms with Crippen LogP contribution in [-0.4, -0.2) is 11.8 Å². The number of fused-ring (bicyclic) bond motifs is 1. The van der Waals surface area contributed by atoms with Crippen LogP contribution in [-0.2, 0) is 17.6 Å². The molecule has 0 saturated carbocycles. The average molecular weight is 528 g/mol. The van der Waals surface area contributed by atoms with Crippen molar-refractivity contribution >= 4 is 45.6 Å². The van der Waals surface area contributed by atoms with Gasteiger partial charge in [0.05, 0.1) is 11.8 Å². The van der Waals surface area contributed by atoms with E-state index in [9.17, 15) is 14.9 Å². The minimum absolute atomic E-state index is 0.190. The Morgan fingerprint density at radius 1 is 1.11 bits per heavy atom. The van der Waals surface area contributed by atoms with Crippen LogP contribution in [0.2, 0.25) is 0 Å². The van der Waals surface area contributed by atoms with Crippen LogP contribution in [0.4, 0.5) is 10.7 Å². The maximum absolute atomic E-state index is 13.7. The molecule has 2 aromatic carbocycles. The highest BCUT2D eigenvalue weighted by atomic mass is 32.2. The Labute approximate surface area is 223 Å². The standard InChI is InChI=1S/C29H25N3O3S2/c1-18-12-13-22-23(17-30)29(37-25(22)15-18)32-28(34)26(19-7-3-2-4-8-19)36-21-10-5-9-20(16-21)31-27(33)24-11-6-14-35-24/h2-11,14,16,18,26H,12-13,15H2,1H3,(H,31,33)(H,32,34). The van der Waals surface area contributed by atoms with Crippen LogP contribution in [0.15, 0.2) is 82.3 Å². The van der Waals surface area contributed by atoms with Crippen molar-refractivity contribution in [2.75, 3.05) is 10.6 Å². The molecule has 2 unspecified atom stereocenters. The highest BCUT2D eigenvalue weighted by molar-refractivity contribution is 8.00. The van der Waals surface area contributed by atoms with E-state index in [-0.39, 0.29) is 17.6 Å². The number of thiophene rings is 1. The SMILES string of the molecule is CC1CCc2c(sc(NC(=O)C(Sc3cccc(NC(=O)c4ccco4)c3)c3ccccc3)c2C#N)C1. The quantitative estimate of drug-likeness (QED) is 0.251. The number of nitrogens with zero attached hydrogens (tertiary/aromatic N) is 1. The Hall–Kier alpha value is -3.80. The second-order valence-corrected chi connectivity index (χ2v) is 11.3. The number of anilines is 2. The van der Waals surface area contributed by atoms with E-state index >= 15 is 0 Å². The van der Waals surface area contributed by atoms with Gasteiger partial charge >= 0.3 is 0 Å². The first kappa shape index (κ1) is 24.9. The number of thioether (sulfide) groups is 1. The van der Waals surface area contributed by atoms with Gasteiger partial charge in [-0.1, -0.05) is 43.3 Å². The van der Waals surface area contributed by atoms with Crippen molar-refractivity contribution < 1.29 is 14.0 Å². The molecule has 2 atom stereocenters. The van der Waals surface area contributed by atoms with Crippen molar-refractivity contribution in [3.8, 4) is 6.07 Å². The van der Waals surface area contributed by atoms with Crippen LogP contribution >= 0.6 is 23.1 Å². The molecule has 8 heteroatoms. The Morgan fingerprint density at radius 3 is 2.70 bits per heavy atom. The third-order valence-electron chi connectivity index (χ3n) is 6.29. The predicted octanol–water partition coefficient (Wildman–Crippen LogP) is 7.06. The van der Waals surface area contributed by atoms with E-state index in [1.165, 1.54) is 34.2 Å². The van der Waals surface area contributed by atoms with Crippen LogP contribution in [0.25, 0.3) is 0 Å². The highest BCUT2D eigenvalue weighted by Gasteiger charge is 2.28. The number of furan rings is 1. The molecule has 2 N–H and O–H groups in total. The van der Waals surface area contributed by atoms with E-state index in [0.717, 1.165) is 35.3 Å². The molecule has 2 heterocycles. The van der Waals surface area contributed by atoms with E-state index in [4.69, 9.17) is 4.42 Å². The zero-order chi connectivity index (χ0) is 25.8. The second-order valence-electron chi connectivity index (χ2n) is 9.02. The Morgan fingerprint density at radius 2 is 1.95 bits per heavy atom. The molecule has 5 rings (SSSR count). The van der Waals surface area contributed by atoms with E-state index in [0.29, 0.717) is 22.2 Å². The van der Waals surface area contributed by atoms with Crippen molar-refractivity contribution in [1.82, 2.24) is 0 Å². The summed E-state index contributed by atoms with van der Waals surface area (Å²) in [6, 6.07) is 22.5. The van der Waals surface area contributed by atoms with Gasteiger partial charge in [0.1, 0.15) is 16.3 Å². The lowest BCUT2D eigenvalue weighted by Crippen LogP contribution is -2.19. The van der Waals surface area contributed by atoms with E-state index in [2.05, 4.69) is 23.6 Å². The van der Waals surface area contributed by atoms with Crippen LogP contribution in [0, 0.1) is 17.2 Å². The third kappa shape index (κ3) is 5.63. The van der Waals surface area contributed by atoms with Gasteiger partial charge in [-0.3, -0.25) is 9.59 Å². The molecule has 0 aliphatic heterocycles. The molecule has 0 bridgehead atoms. The monoisotopic (exact) mass is 527 g/mol. The maximum atomic E-state index is 13.7. The minimum Gasteiger partial charge on any atom is -0.459 e. The number of amides is 2. The first-order valence-electron chi connectivity index (χ1n) is 12.0. The summed E-state index contributed by atoms with van der Waals surface area (Å²) in [5.41, 5.74) is 3.14. The van der Waals surface area contributed by atoms with Crippen molar-refractivity contribution in [1.29, 1.82) is 5.26 Å². The number of carbonyl (C=O) groups is 2. The lowest BCUT2D eigenvalue weighted by molar-refractivity contribution is -0.115.